The van der Waals surface area contributed by atoms with E-state index in [-0.39, 0.29) is 5.41 Å². The Balaban J connectivity index is 1.04. The average molecular weight is 1020 g/mol. The molecule has 318 valence electrons. The minimum atomic E-state index is -0.0759. The molecule has 0 bridgehead atoms. The molecule has 0 unspecified atom stereocenters. The van der Waals surface area contributed by atoms with Crippen molar-refractivity contribution < 1.29 is 24.1 Å². The second-order valence-electron chi connectivity index (χ2n) is 17.3. The summed E-state index contributed by atoms with van der Waals surface area (Å²) >= 11 is 2.49. The quantitative estimate of drug-likeness (QED) is 0.143. The third-order valence-electron chi connectivity index (χ3n) is 12.1. The van der Waals surface area contributed by atoms with Gasteiger partial charge in [0.05, 0.1) is 5.69 Å². The van der Waals surface area contributed by atoms with Gasteiger partial charge in [0.15, 0.2) is 0 Å². The first-order valence-electron chi connectivity index (χ1n) is 21.7. The summed E-state index contributed by atoms with van der Waals surface area (Å²) in [4.78, 5) is 9.56. The van der Waals surface area contributed by atoms with Crippen LogP contribution >= 0.6 is 0 Å². The van der Waals surface area contributed by atoms with Crippen molar-refractivity contribution in [3.8, 4) is 62.2 Å². The fraction of sp³-hybridized carbons (Fsp3) is 0.0862. The zero-order valence-electron chi connectivity index (χ0n) is 36.4. The molecule has 0 amide bonds. The van der Waals surface area contributed by atoms with Crippen molar-refractivity contribution in [2.24, 2.45) is 0 Å². The molecule has 11 rings (SSSR count). The van der Waals surface area contributed by atoms with Crippen molar-refractivity contribution >= 4 is 32.8 Å². The van der Waals surface area contributed by atoms with Crippen LogP contribution < -0.4 is 4.74 Å². The average Bonchev–Trinajstić information content (AvgIpc) is 3.82. The summed E-state index contributed by atoms with van der Waals surface area (Å²) in [7, 11) is 0. The summed E-state index contributed by atoms with van der Waals surface area (Å²) in [6, 6.07) is 68.9. The minimum Gasteiger partial charge on any atom is -0.256 e. The van der Waals surface area contributed by atoms with E-state index in [2.05, 4.69) is 217 Å². The van der Waals surface area contributed by atoms with Gasteiger partial charge in [0, 0.05) is 18.0 Å². The molecule has 4 heterocycles. The molecular formula is C58H43N5OPt-2. The summed E-state index contributed by atoms with van der Waals surface area (Å²) in [5.74, 6) is 1.97. The summed E-state index contributed by atoms with van der Waals surface area (Å²) in [6.07, 6.45) is 3.73. The number of hydrogen-bond donors (Lipinski definition) is 0. The molecule has 0 fully saturated rings. The van der Waals surface area contributed by atoms with Gasteiger partial charge in [-0.1, -0.05) is 18.2 Å². The number of fused-ring (bicyclic) bond motifs is 4. The second kappa shape index (κ2) is 16.3. The molecule has 0 saturated heterocycles. The van der Waals surface area contributed by atoms with Crippen LogP contribution in [0.1, 0.15) is 31.9 Å². The van der Waals surface area contributed by atoms with Gasteiger partial charge in [0.25, 0.3) is 0 Å². The zero-order valence-corrected chi connectivity index (χ0v) is 38.6. The molecule has 65 heavy (non-hydrogen) atoms. The number of nitrogens with zero attached hydrogens (tertiary/aromatic N) is 5. The van der Waals surface area contributed by atoms with Crippen LogP contribution in [-0.2, 0) is 24.8 Å². The van der Waals surface area contributed by atoms with E-state index >= 15 is 0 Å². The van der Waals surface area contributed by atoms with Gasteiger partial charge >= 0.3 is 320 Å². The second-order valence-corrected chi connectivity index (χ2v) is 18.3. The maximum absolute atomic E-state index is 6.70. The van der Waals surface area contributed by atoms with Gasteiger partial charge in [-0.15, -0.1) is 0 Å². The monoisotopic (exact) mass is 1020 g/mol. The number of ether oxygens (including phenoxy) is 1. The van der Waals surface area contributed by atoms with E-state index < -0.39 is 0 Å². The molecule has 4 aromatic heterocycles. The normalized spacial score (nSPS) is 11.8. The predicted octanol–water partition coefficient (Wildman–Crippen LogP) is 14.4. The van der Waals surface area contributed by atoms with Gasteiger partial charge in [-0.3, -0.25) is 4.98 Å². The molecule has 11 aromatic rings. The van der Waals surface area contributed by atoms with Gasteiger partial charge in [-0.25, -0.2) is 0 Å². The van der Waals surface area contributed by atoms with Crippen LogP contribution in [0.25, 0.3) is 83.5 Å². The predicted molar refractivity (Wildman–Crippen MR) is 260 cm³/mol. The first-order chi connectivity index (χ1) is 31.7. The fourth-order valence-corrected chi connectivity index (χ4v) is 9.98. The molecule has 0 aliphatic carbocycles. The molecule has 0 saturated carbocycles. The van der Waals surface area contributed by atoms with E-state index in [1.54, 1.807) is 0 Å². The number of aryl methyl sites for hydroxylation is 1. The van der Waals surface area contributed by atoms with Crippen molar-refractivity contribution in [1.29, 1.82) is 0 Å². The minimum absolute atomic E-state index is 0.0759. The Morgan fingerprint density at radius 1 is 0.538 bits per heavy atom. The van der Waals surface area contributed by atoms with Gasteiger partial charge in [0.1, 0.15) is 0 Å². The first kappa shape index (κ1) is 40.4. The number of para-hydroxylation sites is 3. The van der Waals surface area contributed by atoms with E-state index in [0.717, 1.165) is 81.8 Å². The Bertz CT molecular complexity index is 3580. The van der Waals surface area contributed by atoms with Crippen LogP contribution in [0.4, 0.5) is 0 Å². The SMILES string of the molecule is Cc1cc(-n2c3[c-]c(Oc4[c-]c(-n5[c](=[Pt])n(-c6c(-c7ccccc7)cc(C(C)(C)C)cc6-c6ccccc6)c6ccccc65)ccc4)ccc3c3ccccc32)ncc1-c1ccccn1. The smallest absolute Gasteiger partial charge is 0.256 e. The number of rotatable bonds is 8. The van der Waals surface area contributed by atoms with Crippen LogP contribution in [0.15, 0.2) is 188 Å². The van der Waals surface area contributed by atoms with Gasteiger partial charge < -0.3 is 0 Å². The van der Waals surface area contributed by atoms with Crippen molar-refractivity contribution in [2.45, 2.75) is 33.1 Å². The number of imidazole rings is 1. The van der Waals surface area contributed by atoms with Crippen LogP contribution in [0.3, 0.4) is 0 Å². The first-order valence-corrected chi connectivity index (χ1v) is 22.9. The summed E-state index contributed by atoms with van der Waals surface area (Å²) in [6.45, 7) is 8.97. The molecule has 0 N–H and O–H groups in total. The molecule has 0 atom stereocenters. The van der Waals surface area contributed by atoms with Crippen molar-refractivity contribution in [1.82, 2.24) is 23.7 Å². The Kier molecular flexibility index (Phi) is 10.1. The van der Waals surface area contributed by atoms with E-state index in [0.29, 0.717) is 11.5 Å². The zero-order chi connectivity index (χ0) is 44.2. The van der Waals surface area contributed by atoms with Crippen LogP contribution in [0.5, 0.6) is 11.5 Å². The Morgan fingerprint density at radius 3 is 1.83 bits per heavy atom. The van der Waals surface area contributed by atoms with Gasteiger partial charge in [0.2, 0.25) is 0 Å². The number of aromatic nitrogens is 5. The molecule has 6 nitrogen and oxygen atoms in total. The summed E-state index contributed by atoms with van der Waals surface area (Å²) in [5.41, 5.74) is 14.9. The molecule has 7 heteroatoms. The van der Waals surface area contributed by atoms with Gasteiger partial charge in [-0.05, 0) is 24.6 Å². The molecular weight excluding hydrogens is 978 g/mol. The Morgan fingerprint density at radius 2 is 1.17 bits per heavy atom. The van der Waals surface area contributed by atoms with Crippen LogP contribution in [0, 0.1) is 22.9 Å². The van der Waals surface area contributed by atoms with Crippen LogP contribution in [0.2, 0.25) is 0 Å². The Hall–Kier alpha value is -7.40. The number of benzene rings is 7. The maximum atomic E-state index is 6.70. The summed E-state index contributed by atoms with van der Waals surface area (Å²) < 4.78 is 14.6. The van der Waals surface area contributed by atoms with Gasteiger partial charge in [-0.2, -0.15) is 0 Å². The molecule has 0 radical (unpaired) electrons. The number of hydrogen-bond acceptors (Lipinski definition) is 3. The fourth-order valence-electron chi connectivity index (χ4n) is 8.91. The van der Waals surface area contributed by atoms with E-state index in [9.17, 15) is 0 Å². The van der Waals surface area contributed by atoms with Crippen molar-refractivity contribution in [2.75, 3.05) is 0 Å². The third kappa shape index (κ3) is 7.25. The van der Waals surface area contributed by atoms with E-state index in [1.807, 2.05) is 48.8 Å². The molecule has 0 aliphatic rings. The molecule has 0 spiro atoms. The molecule has 7 aromatic carbocycles. The topological polar surface area (TPSA) is 49.8 Å². The van der Waals surface area contributed by atoms with E-state index in [1.165, 1.54) is 16.7 Å². The number of pyridine rings is 2. The standard InChI is InChI=1S/C58H43N5O.Pt/c1-39-32-56(60-37-50(39)51-25-15-16-31-59-51)63-52-26-12-11-24-46(52)47-30-29-45(36-55(47)63)64-44-23-17-22-43(35-44)61-38-62(54-28-14-13-27-53(54)61)57-48(40-18-7-5-8-19-40)33-42(58(2,3)4)34-49(57)41-20-9-6-10-21-41;/h5-34,37H,1-4H3;/q-2;. The van der Waals surface area contributed by atoms with Crippen molar-refractivity contribution in [3.05, 3.63) is 215 Å². The molecule has 0 aliphatic heterocycles. The summed E-state index contributed by atoms with van der Waals surface area (Å²) in [5, 5.41) is 2.19. The van der Waals surface area contributed by atoms with E-state index in [4.69, 9.17) is 9.72 Å². The van der Waals surface area contributed by atoms with Crippen LogP contribution in [-0.4, -0.2) is 23.7 Å². The van der Waals surface area contributed by atoms with Crippen molar-refractivity contribution in [3.63, 3.8) is 0 Å². The third-order valence-corrected chi connectivity index (χ3v) is 13.1. The Labute approximate surface area is 389 Å².